The zero-order valence-electron chi connectivity index (χ0n) is 13.7. The van der Waals surface area contributed by atoms with Gasteiger partial charge in [-0.25, -0.2) is 13.9 Å². The van der Waals surface area contributed by atoms with Crippen molar-refractivity contribution >= 4 is 17.5 Å². The molecule has 0 atom stereocenters. The third kappa shape index (κ3) is 3.47. The molecule has 0 aliphatic heterocycles. The van der Waals surface area contributed by atoms with Crippen molar-refractivity contribution in [3.8, 4) is 0 Å². The van der Waals surface area contributed by atoms with Crippen LogP contribution in [0.15, 0.2) is 36.5 Å². The number of fused-ring (bicyclic) bond motifs is 1. The van der Waals surface area contributed by atoms with E-state index >= 15 is 0 Å². The molecule has 0 bridgehead atoms. The molecule has 3 aromatic rings. The van der Waals surface area contributed by atoms with Crippen LogP contribution >= 0.6 is 0 Å². The van der Waals surface area contributed by atoms with Gasteiger partial charge in [-0.3, -0.25) is 20.4 Å². The Bertz CT molecular complexity index is 967. The normalized spacial score (nSPS) is 10.7. The van der Waals surface area contributed by atoms with Gasteiger partial charge >= 0.3 is 0 Å². The zero-order valence-corrected chi connectivity index (χ0v) is 13.7. The Balaban J connectivity index is 1.69. The van der Waals surface area contributed by atoms with Crippen molar-refractivity contribution < 1.29 is 14.0 Å². The molecule has 128 valence electrons. The number of halogens is 1. The van der Waals surface area contributed by atoms with E-state index in [9.17, 15) is 14.0 Å². The van der Waals surface area contributed by atoms with E-state index in [4.69, 9.17) is 0 Å². The second-order valence-electron chi connectivity index (χ2n) is 5.60. The minimum Gasteiger partial charge on any atom is -0.273 e. The molecule has 8 heteroatoms. The predicted molar refractivity (Wildman–Crippen MR) is 88.2 cm³/mol. The average molecular weight is 341 g/mol. The number of carbonyl (C=O) groups is 2. The molecule has 25 heavy (non-hydrogen) atoms. The predicted octanol–water partition coefficient (Wildman–Crippen LogP) is 1.49. The Hall–Kier alpha value is -3.29. The van der Waals surface area contributed by atoms with Gasteiger partial charge in [0.15, 0.2) is 5.65 Å². The molecule has 2 heterocycles. The molecule has 2 aromatic heterocycles. The summed E-state index contributed by atoms with van der Waals surface area (Å²) < 4.78 is 15.1. The van der Waals surface area contributed by atoms with Crippen LogP contribution in [0.25, 0.3) is 5.65 Å². The summed E-state index contributed by atoms with van der Waals surface area (Å²) >= 11 is 0. The smallest absolute Gasteiger partial charge is 0.273 e. The maximum atomic E-state index is 13.5. The third-order valence-electron chi connectivity index (χ3n) is 3.65. The molecule has 0 saturated heterocycles. The van der Waals surface area contributed by atoms with Crippen LogP contribution in [0.2, 0.25) is 0 Å². The first-order valence-corrected chi connectivity index (χ1v) is 7.60. The van der Waals surface area contributed by atoms with Gasteiger partial charge in [0, 0.05) is 11.4 Å². The molecule has 1 aromatic carbocycles. The number of hydrogen-bond donors (Lipinski definition) is 2. The van der Waals surface area contributed by atoms with Crippen LogP contribution in [0, 0.1) is 19.7 Å². The monoisotopic (exact) mass is 341 g/mol. The summed E-state index contributed by atoms with van der Waals surface area (Å²) in [7, 11) is 0. The van der Waals surface area contributed by atoms with Gasteiger partial charge in [-0.05, 0) is 31.5 Å². The fourth-order valence-electron chi connectivity index (χ4n) is 2.48. The summed E-state index contributed by atoms with van der Waals surface area (Å²) in [6.07, 6.45) is 1.20. The highest BCUT2D eigenvalue weighted by Crippen LogP contribution is 2.11. The van der Waals surface area contributed by atoms with Crippen LogP contribution in [0.1, 0.15) is 27.3 Å². The Labute approximate surface area is 142 Å². The first-order chi connectivity index (χ1) is 12.0. The first kappa shape index (κ1) is 16.6. The van der Waals surface area contributed by atoms with Gasteiger partial charge < -0.3 is 0 Å². The molecule has 0 fully saturated rings. The van der Waals surface area contributed by atoms with E-state index in [2.05, 4.69) is 20.9 Å². The number of amides is 2. The number of benzene rings is 1. The van der Waals surface area contributed by atoms with Crippen LogP contribution in [0.4, 0.5) is 4.39 Å². The number of rotatable bonds is 3. The highest BCUT2D eigenvalue weighted by Gasteiger charge is 2.16. The Morgan fingerprint density at radius 2 is 1.96 bits per heavy atom. The van der Waals surface area contributed by atoms with E-state index in [0.29, 0.717) is 5.65 Å². The number of aromatic nitrogens is 3. The molecule has 0 radical (unpaired) electrons. The van der Waals surface area contributed by atoms with Gasteiger partial charge in [-0.2, -0.15) is 5.10 Å². The van der Waals surface area contributed by atoms with E-state index in [1.54, 1.807) is 16.6 Å². The van der Waals surface area contributed by atoms with E-state index < -0.39 is 17.6 Å². The molecule has 3 rings (SSSR count). The van der Waals surface area contributed by atoms with Crippen LogP contribution in [0.3, 0.4) is 0 Å². The van der Waals surface area contributed by atoms with E-state index in [-0.39, 0.29) is 17.5 Å². The molecule has 7 nitrogen and oxygen atoms in total. The van der Waals surface area contributed by atoms with Gasteiger partial charge in [-0.1, -0.05) is 18.2 Å². The molecular weight excluding hydrogens is 325 g/mol. The van der Waals surface area contributed by atoms with Crippen molar-refractivity contribution in [2.24, 2.45) is 0 Å². The quantitative estimate of drug-likeness (QED) is 0.707. The van der Waals surface area contributed by atoms with Crippen LogP contribution in [-0.4, -0.2) is 26.4 Å². The lowest BCUT2D eigenvalue weighted by Gasteiger charge is -2.07. The van der Waals surface area contributed by atoms with Crippen LogP contribution in [-0.2, 0) is 11.2 Å². The Kier molecular flexibility index (Phi) is 4.42. The molecule has 0 aliphatic rings. The van der Waals surface area contributed by atoms with Crippen molar-refractivity contribution in [2.45, 2.75) is 20.3 Å². The van der Waals surface area contributed by atoms with Gasteiger partial charge in [0.25, 0.3) is 5.91 Å². The standard InChI is InChI=1S/C17H16FN5O2/c1-10-7-11(2)23-16(20-10)13(9-19-23)17(25)22-21-15(24)8-12-5-3-4-6-14(12)18/h3-7,9H,8H2,1-2H3,(H,21,24)(H,22,25). The molecule has 0 unspecified atom stereocenters. The van der Waals surface area contributed by atoms with Crippen molar-refractivity contribution in [3.05, 3.63) is 64.9 Å². The summed E-state index contributed by atoms with van der Waals surface area (Å²) in [5.74, 6) is -1.55. The highest BCUT2D eigenvalue weighted by molar-refractivity contribution is 6.00. The Morgan fingerprint density at radius 3 is 2.72 bits per heavy atom. The lowest BCUT2D eigenvalue weighted by atomic mass is 10.1. The van der Waals surface area contributed by atoms with Crippen molar-refractivity contribution in [1.82, 2.24) is 25.4 Å². The largest absolute Gasteiger partial charge is 0.275 e. The maximum absolute atomic E-state index is 13.5. The average Bonchev–Trinajstić information content (AvgIpc) is 2.99. The van der Waals surface area contributed by atoms with E-state index in [1.807, 2.05) is 19.9 Å². The van der Waals surface area contributed by atoms with Gasteiger partial charge in [-0.15, -0.1) is 0 Å². The summed E-state index contributed by atoms with van der Waals surface area (Å²) in [6, 6.07) is 7.81. The van der Waals surface area contributed by atoms with Crippen LogP contribution < -0.4 is 10.9 Å². The number of nitrogens with one attached hydrogen (secondary N) is 2. The maximum Gasteiger partial charge on any atom is 0.275 e. The second kappa shape index (κ2) is 6.68. The second-order valence-corrected chi connectivity index (χ2v) is 5.60. The third-order valence-corrected chi connectivity index (χ3v) is 3.65. The van der Waals surface area contributed by atoms with Crippen molar-refractivity contribution in [3.63, 3.8) is 0 Å². The van der Waals surface area contributed by atoms with Gasteiger partial charge in [0.05, 0.1) is 12.6 Å². The number of carbonyl (C=O) groups excluding carboxylic acids is 2. The summed E-state index contributed by atoms with van der Waals surface area (Å²) in [5, 5.41) is 4.12. The summed E-state index contributed by atoms with van der Waals surface area (Å²) in [5.41, 5.74) is 7.05. The molecule has 0 spiro atoms. The fourth-order valence-corrected chi connectivity index (χ4v) is 2.48. The lowest BCUT2D eigenvalue weighted by molar-refractivity contribution is -0.121. The van der Waals surface area contributed by atoms with Crippen molar-refractivity contribution in [2.75, 3.05) is 0 Å². The molecular formula is C17H16FN5O2. The van der Waals surface area contributed by atoms with Crippen molar-refractivity contribution in [1.29, 1.82) is 0 Å². The van der Waals surface area contributed by atoms with E-state index in [0.717, 1.165) is 11.4 Å². The summed E-state index contributed by atoms with van der Waals surface area (Å²) in [6.45, 7) is 3.67. The highest BCUT2D eigenvalue weighted by atomic mass is 19.1. The fraction of sp³-hybridized carbons (Fsp3) is 0.176. The number of nitrogens with zero attached hydrogens (tertiary/aromatic N) is 3. The van der Waals surface area contributed by atoms with Gasteiger partial charge in [0.2, 0.25) is 5.91 Å². The SMILES string of the molecule is Cc1cc(C)n2ncc(C(=O)NNC(=O)Cc3ccccc3F)c2n1. The Morgan fingerprint density at radius 1 is 1.20 bits per heavy atom. The zero-order chi connectivity index (χ0) is 18.0. The summed E-state index contributed by atoms with van der Waals surface area (Å²) in [4.78, 5) is 28.5. The molecule has 2 N–H and O–H groups in total. The topological polar surface area (TPSA) is 88.4 Å². The lowest BCUT2D eigenvalue weighted by Crippen LogP contribution is -2.42. The van der Waals surface area contributed by atoms with Crippen LogP contribution in [0.5, 0.6) is 0 Å². The minimum atomic E-state index is -0.547. The number of hydrazine groups is 1. The van der Waals surface area contributed by atoms with E-state index in [1.165, 1.54) is 18.3 Å². The number of hydrogen-bond acceptors (Lipinski definition) is 4. The minimum absolute atomic E-state index is 0.182. The molecule has 0 saturated carbocycles. The first-order valence-electron chi connectivity index (χ1n) is 7.60. The molecule has 0 aliphatic carbocycles. The van der Waals surface area contributed by atoms with Gasteiger partial charge in [0.1, 0.15) is 11.4 Å². The molecule has 2 amide bonds. The number of aryl methyl sites for hydroxylation is 2.